The van der Waals surface area contributed by atoms with Gasteiger partial charge in [0, 0.05) is 25.7 Å². The molecule has 1 N–H and O–H groups in total. The topological polar surface area (TPSA) is 96.2 Å². The quantitative estimate of drug-likeness (QED) is 0.622. The second-order valence-corrected chi connectivity index (χ2v) is 5.25. The summed E-state index contributed by atoms with van der Waals surface area (Å²) in [6, 6.07) is 2.90. The number of piperazine rings is 1. The van der Waals surface area contributed by atoms with Crippen LogP contribution in [-0.2, 0) is 0 Å². The summed E-state index contributed by atoms with van der Waals surface area (Å²) in [6.45, 7) is 3.50. The van der Waals surface area contributed by atoms with Gasteiger partial charge < -0.3 is 19.6 Å². The van der Waals surface area contributed by atoms with E-state index < -0.39 is 11.0 Å². The molecular weight excluding hydrogens is 278 g/mol. The van der Waals surface area contributed by atoms with E-state index in [1.54, 1.807) is 6.92 Å². The number of hydrogen-bond donors (Lipinski definition) is 1. The summed E-state index contributed by atoms with van der Waals surface area (Å²) in [5, 5.41) is 20.0. The molecule has 8 nitrogen and oxygen atoms in total. The zero-order chi connectivity index (χ0) is 15.1. The molecule has 0 radical (unpaired) electrons. The number of nitro benzene ring substituents is 1. The molecule has 21 heavy (non-hydrogen) atoms. The minimum Gasteiger partial charge on any atom is -0.489 e. The van der Waals surface area contributed by atoms with E-state index in [2.05, 4.69) is 4.90 Å². The fraction of sp³-hybridized carbons (Fsp3) is 0.462. The summed E-state index contributed by atoms with van der Waals surface area (Å²) in [7, 11) is 0. The number of carbonyl (C=O) groups is 1. The lowest BCUT2D eigenvalue weighted by Gasteiger charge is -2.45. The van der Waals surface area contributed by atoms with Crippen molar-refractivity contribution >= 4 is 17.5 Å². The van der Waals surface area contributed by atoms with Crippen molar-refractivity contribution in [2.24, 2.45) is 0 Å². The molecule has 1 aromatic rings. The van der Waals surface area contributed by atoms with Gasteiger partial charge in [0.05, 0.1) is 22.7 Å². The lowest BCUT2D eigenvalue weighted by molar-refractivity contribution is -0.385. The van der Waals surface area contributed by atoms with Crippen LogP contribution in [0.2, 0.25) is 0 Å². The molecule has 1 aromatic carbocycles. The number of amides is 1. The second-order valence-electron chi connectivity index (χ2n) is 5.25. The molecule has 0 bridgehead atoms. The smallest absolute Gasteiger partial charge is 0.407 e. The van der Waals surface area contributed by atoms with Gasteiger partial charge in [-0.05, 0) is 12.5 Å². The van der Waals surface area contributed by atoms with Crippen LogP contribution in [0.5, 0.6) is 5.75 Å². The highest BCUT2D eigenvalue weighted by atomic mass is 16.6. The van der Waals surface area contributed by atoms with Crippen molar-refractivity contribution in [2.75, 3.05) is 31.1 Å². The Balaban J connectivity index is 1.94. The Kier molecular flexibility index (Phi) is 3.08. The molecule has 1 saturated heterocycles. The number of rotatable bonds is 1. The van der Waals surface area contributed by atoms with E-state index in [-0.39, 0.29) is 11.7 Å². The summed E-state index contributed by atoms with van der Waals surface area (Å²) in [5.41, 5.74) is 1.61. The molecular formula is C13H15N3O5. The molecule has 1 fully saturated rings. The number of nitro groups is 1. The van der Waals surface area contributed by atoms with E-state index in [1.807, 2.05) is 0 Å². The van der Waals surface area contributed by atoms with Crippen molar-refractivity contribution < 1.29 is 19.6 Å². The first-order valence-electron chi connectivity index (χ1n) is 6.63. The largest absolute Gasteiger partial charge is 0.489 e. The molecule has 1 amide bonds. The molecule has 2 heterocycles. The van der Waals surface area contributed by atoms with Gasteiger partial charge in [-0.25, -0.2) is 4.79 Å². The molecule has 0 spiro atoms. The molecule has 2 aliphatic heterocycles. The van der Waals surface area contributed by atoms with E-state index in [0.29, 0.717) is 32.0 Å². The first-order chi connectivity index (χ1) is 9.97. The van der Waals surface area contributed by atoms with Crippen LogP contribution >= 0.6 is 0 Å². The van der Waals surface area contributed by atoms with Gasteiger partial charge >= 0.3 is 6.09 Å². The van der Waals surface area contributed by atoms with E-state index in [4.69, 9.17) is 9.84 Å². The third-order valence-electron chi connectivity index (χ3n) is 3.93. The van der Waals surface area contributed by atoms with Crippen LogP contribution in [-0.4, -0.2) is 53.3 Å². The Hall–Kier alpha value is -2.51. The Bertz CT molecular complexity index is 618. The number of nitrogens with zero attached hydrogens (tertiary/aromatic N) is 3. The van der Waals surface area contributed by atoms with E-state index in [9.17, 15) is 14.9 Å². The fourth-order valence-electron chi connectivity index (χ4n) is 2.96. The number of anilines is 1. The van der Waals surface area contributed by atoms with Gasteiger partial charge in [0.15, 0.2) is 0 Å². The predicted molar refractivity (Wildman–Crippen MR) is 74.1 cm³/mol. The fourth-order valence-corrected chi connectivity index (χ4v) is 2.96. The van der Waals surface area contributed by atoms with E-state index in [1.165, 1.54) is 17.0 Å². The molecule has 3 rings (SSSR count). The zero-order valence-electron chi connectivity index (χ0n) is 11.5. The monoisotopic (exact) mass is 293 g/mol. The van der Waals surface area contributed by atoms with Crippen molar-refractivity contribution in [3.63, 3.8) is 0 Å². The summed E-state index contributed by atoms with van der Waals surface area (Å²) in [6.07, 6.45) is -0.930. The highest BCUT2D eigenvalue weighted by molar-refractivity contribution is 5.71. The van der Waals surface area contributed by atoms with Crippen LogP contribution < -0.4 is 9.64 Å². The number of benzene rings is 1. The van der Waals surface area contributed by atoms with Crippen molar-refractivity contribution in [1.29, 1.82) is 0 Å². The number of fused-ring (bicyclic) bond motifs is 3. The molecule has 8 heteroatoms. The van der Waals surface area contributed by atoms with Gasteiger partial charge in [-0.15, -0.1) is 0 Å². The van der Waals surface area contributed by atoms with Crippen LogP contribution in [0.1, 0.15) is 5.56 Å². The maximum atomic E-state index is 11.1. The number of non-ortho nitro benzene ring substituents is 1. The average Bonchev–Trinajstić information content (AvgIpc) is 2.45. The maximum absolute atomic E-state index is 11.1. The molecule has 0 saturated carbocycles. The Labute approximate surface area is 120 Å². The van der Waals surface area contributed by atoms with Crippen LogP contribution in [0.15, 0.2) is 12.1 Å². The summed E-state index contributed by atoms with van der Waals surface area (Å²) >= 11 is 0. The van der Waals surface area contributed by atoms with Gasteiger partial charge in [0.1, 0.15) is 12.4 Å². The van der Waals surface area contributed by atoms with Crippen molar-refractivity contribution in [1.82, 2.24) is 4.90 Å². The van der Waals surface area contributed by atoms with Crippen molar-refractivity contribution in [2.45, 2.75) is 13.0 Å². The Morgan fingerprint density at radius 1 is 1.48 bits per heavy atom. The summed E-state index contributed by atoms with van der Waals surface area (Å²) in [5.74, 6) is 0.502. The molecule has 0 unspecified atom stereocenters. The van der Waals surface area contributed by atoms with Gasteiger partial charge in [0.25, 0.3) is 5.69 Å². The number of hydrogen-bond acceptors (Lipinski definition) is 5. The highest BCUT2D eigenvalue weighted by Crippen LogP contribution is 2.40. The SMILES string of the molecule is Cc1cc([N+](=O)[O-])cc2c1N1CCN(C(=O)O)C[C@H]1CO2. The van der Waals surface area contributed by atoms with Gasteiger partial charge in [-0.3, -0.25) is 10.1 Å². The Morgan fingerprint density at radius 2 is 2.24 bits per heavy atom. The Morgan fingerprint density at radius 3 is 2.90 bits per heavy atom. The molecule has 2 aliphatic rings. The summed E-state index contributed by atoms with van der Waals surface area (Å²) in [4.78, 5) is 25.0. The molecule has 1 atom stereocenters. The average molecular weight is 293 g/mol. The van der Waals surface area contributed by atoms with Crippen LogP contribution in [0.25, 0.3) is 0 Å². The van der Waals surface area contributed by atoms with Gasteiger partial charge in [0.2, 0.25) is 0 Å². The third-order valence-corrected chi connectivity index (χ3v) is 3.93. The van der Waals surface area contributed by atoms with E-state index >= 15 is 0 Å². The minimum atomic E-state index is -0.930. The molecule has 112 valence electrons. The first-order valence-corrected chi connectivity index (χ1v) is 6.63. The van der Waals surface area contributed by atoms with Crippen molar-refractivity contribution in [3.05, 3.63) is 27.8 Å². The van der Waals surface area contributed by atoms with Gasteiger partial charge in [-0.2, -0.15) is 0 Å². The number of aryl methyl sites for hydroxylation is 1. The number of carboxylic acid groups (broad SMARTS) is 1. The predicted octanol–water partition coefficient (Wildman–Crippen LogP) is 1.46. The van der Waals surface area contributed by atoms with E-state index in [0.717, 1.165) is 11.3 Å². The molecule has 0 aliphatic carbocycles. The van der Waals surface area contributed by atoms with Crippen LogP contribution in [0, 0.1) is 17.0 Å². The third kappa shape index (κ3) is 2.22. The standard InChI is InChI=1S/C13H15N3O5/c1-8-4-9(16(19)20)5-11-12(8)15-3-2-14(13(17)18)6-10(15)7-21-11/h4-5,10H,2-3,6-7H2,1H3,(H,17,18)/t10-/m0/s1. The maximum Gasteiger partial charge on any atom is 0.407 e. The van der Waals surface area contributed by atoms with Crippen LogP contribution in [0.4, 0.5) is 16.2 Å². The van der Waals surface area contributed by atoms with Gasteiger partial charge in [-0.1, -0.05) is 0 Å². The zero-order valence-corrected chi connectivity index (χ0v) is 11.5. The first kappa shape index (κ1) is 13.5. The highest BCUT2D eigenvalue weighted by Gasteiger charge is 2.36. The summed E-state index contributed by atoms with van der Waals surface area (Å²) < 4.78 is 5.63. The lowest BCUT2D eigenvalue weighted by atomic mass is 10.0. The van der Waals surface area contributed by atoms with Crippen molar-refractivity contribution in [3.8, 4) is 5.75 Å². The molecule has 0 aromatic heterocycles. The number of ether oxygens (including phenoxy) is 1. The lowest BCUT2D eigenvalue weighted by Crippen LogP contribution is -2.58. The minimum absolute atomic E-state index is 0.00821. The normalized spacial score (nSPS) is 20.3. The van der Waals surface area contributed by atoms with Crippen LogP contribution in [0.3, 0.4) is 0 Å². The second kappa shape index (κ2) is 4.80.